The van der Waals surface area contributed by atoms with Crippen molar-refractivity contribution in [1.29, 1.82) is 0 Å². The van der Waals surface area contributed by atoms with Gasteiger partial charge in [0.1, 0.15) is 11.3 Å². The van der Waals surface area contributed by atoms with Gasteiger partial charge in [-0.05, 0) is 19.1 Å². The molecule has 0 amide bonds. The molecule has 0 spiro atoms. The summed E-state index contributed by atoms with van der Waals surface area (Å²) in [4.78, 5) is 4.55. The van der Waals surface area contributed by atoms with E-state index in [4.69, 9.17) is 11.6 Å². The van der Waals surface area contributed by atoms with Crippen LogP contribution in [0.25, 0.3) is 11.2 Å². The highest BCUT2D eigenvalue weighted by Gasteiger charge is 2.17. The van der Waals surface area contributed by atoms with Gasteiger partial charge in [0.05, 0.1) is 23.8 Å². The van der Waals surface area contributed by atoms with E-state index >= 15 is 0 Å². The first-order valence-electron chi connectivity index (χ1n) is 5.92. The Hall–Kier alpha value is -1.95. The summed E-state index contributed by atoms with van der Waals surface area (Å²) in [7, 11) is 1.90. The maximum absolute atomic E-state index is 5.98. The van der Waals surface area contributed by atoms with Crippen LogP contribution in [0.15, 0.2) is 18.3 Å². The molecule has 0 unspecified atom stereocenters. The van der Waals surface area contributed by atoms with Crippen LogP contribution in [-0.4, -0.2) is 29.5 Å². The molecule has 6 nitrogen and oxygen atoms in total. The van der Waals surface area contributed by atoms with Crippen molar-refractivity contribution in [2.45, 2.75) is 19.3 Å². The smallest absolute Gasteiger partial charge is 0.159 e. The molecule has 3 aromatic heterocycles. The molecule has 0 saturated carbocycles. The highest BCUT2D eigenvalue weighted by Crippen LogP contribution is 2.20. The van der Waals surface area contributed by atoms with Gasteiger partial charge in [-0.15, -0.1) is 11.6 Å². The molecule has 3 rings (SSSR count). The molecule has 3 heterocycles. The van der Waals surface area contributed by atoms with Gasteiger partial charge in [-0.1, -0.05) is 0 Å². The van der Waals surface area contributed by atoms with Crippen molar-refractivity contribution in [3.63, 3.8) is 0 Å². The first-order chi connectivity index (χ1) is 9.20. The molecule has 0 aliphatic heterocycles. The molecule has 19 heavy (non-hydrogen) atoms. The van der Waals surface area contributed by atoms with Crippen LogP contribution in [0.4, 0.5) is 0 Å². The molecule has 0 bridgehead atoms. The summed E-state index contributed by atoms with van der Waals surface area (Å²) in [6.07, 6.45) is 1.66. The van der Waals surface area contributed by atoms with E-state index in [1.165, 1.54) is 0 Å². The number of aryl methyl sites for hydroxylation is 2. The normalized spacial score (nSPS) is 11.3. The van der Waals surface area contributed by atoms with Crippen molar-refractivity contribution in [1.82, 2.24) is 29.5 Å². The van der Waals surface area contributed by atoms with Gasteiger partial charge in [0.2, 0.25) is 0 Å². The summed E-state index contributed by atoms with van der Waals surface area (Å²) in [6, 6.07) is 3.80. The molecule has 0 fully saturated rings. The maximum atomic E-state index is 5.98. The number of aromatic nitrogens is 6. The molecule has 0 N–H and O–H groups in total. The molecule has 0 aliphatic carbocycles. The fraction of sp³-hybridized carbons (Fsp3) is 0.333. The van der Waals surface area contributed by atoms with Crippen molar-refractivity contribution in [2.75, 3.05) is 0 Å². The summed E-state index contributed by atoms with van der Waals surface area (Å²) in [5.74, 6) is 1.17. The molecular weight excluding hydrogens is 264 g/mol. The van der Waals surface area contributed by atoms with E-state index in [1.54, 1.807) is 6.20 Å². The lowest BCUT2D eigenvalue weighted by atomic mass is 10.4. The molecule has 0 saturated heterocycles. The molecule has 0 atom stereocenters. The van der Waals surface area contributed by atoms with E-state index in [-0.39, 0.29) is 0 Å². The Labute approximate surface area is 115 Å². The van der Waals surface area contributed by atoms with Gasteiger partial charge in [0.15, 0.2) is 5.65 Å². The zero-order valence-corrected chi connectivity index (χ0v) is 11.5. The maximum Gasteiger partial charge on any atom is 0.159 e. The van der Waals surface area contributed by atoms with Gasteiger partial charge in [-0.2, -0.15) is 15.3 Å². The Morgan fingerprint density at radius 3 is 2.89 bits per heavy atom. The average molecular weight is 277 g/mol. The summed E-state index contributed by atoms with van der Waals surface area (Å²) < 4.78 is 3.86. The second kappa shape index (κ2) is 4.62. The molecule has 0 aromatic carbocycles. The third-order valence-corrected chi connectivity index (χ3v) is 3.28. The monoisotopic (exact) mass is 276 g/mol. The van der Waals surface area contributed by atoms with Gasteiger partial charge >= 0.3 is 0 Å². The van der Waals surface area contributed by atoms with Gasteiger partial charge in [0.25, 0.3) is 0 Å². The third kappa shape index (κ3) is 1.98. The fourth-order valence-corrected chi connectivity index (χ4v) is 2.43. The SMILES string of the molecule is Cc1nn(C)c2c1nc(CCl)n2Cc1cccnn1. The number of halogens is 1. The number of hydrogen-bond acceptors (Lipinski definition) is 4. The van der Waals surface area contributed by atoms with Crippen LogP contribution in [0.5, 0.6) is 0 Å². The van der Waals surface area contributed by atoms with Gasteiger partial charge < -0.3 is 4.57 Å². The lowest BCUT2D eigenvalue weighted by Gasteiger charge is -2.06. The number of nitrogens with zero attached hydrogens (tertiary/aromatic N) is 6. The lowest BCUT2D eigenvalue weighted by molar-refractivity contribution is 0.687. The minimum absolute atomic E-state index is 0.356. The minimum Gasteiger partial charge on any atom is -0.306 e. The Kier molecular flexibility index (Phi) is 2.94. The summed E-state index contributed by atoms with van der Waals surface area (Å²) in [6.45, 7) is 2.53. The second-order valence-corrected chi connectivity index (χ2v) is 4.61. The molecule has 98 valence electrons. The van der Waals surface area contributed by atoms with Crippen molar-refractivity contribution in [2.24, 2.45) is 7.05 Å². The number of imidazole rings is 1. The standard InChI is InChI=1S/C12H13ClN6/c1-8-11-12(18(2)17-8)19(10(6-13)15-11)7-9-4-3-5-14-16-9/h3-5H,6-7H2,1-2H3. The van der Waals surface area contributed by atoms with E-state index in [1.807, 2.05) is 35.4 Å². The van der Waals surface area contributed by atoms with Crippen LogP contribution in [0.1, 0.15) is 17.2 Å². The van der Waals surface area contributed by atoms with E-state index in [0.29, 0.717) is 12.4 Å². The van der Waals surface area contributed by atoms with Crippen LogP contribution >= 0.6 is 11.6 Å². The average Bonchev–Trinajstić information content (AvgIpc) is 2.91. The Balaban J connectivity index is 2.15. The van der Waals surface area contributed by atoms with E-state index in [9.17, 15) is 0 Å². The molecule has 3 aromatic rings. The number of hydrogen-bond donors (Lipinski definition) is 0. The van der Waals surface area contributed by atoms with Crippen LogP contribution in [-0.2, 0) is 19.5 Å². The third-order valence-electron chi connectivity index (χ3n) is 3.04. The molecule has 0 aliphatic rings. The minimum atomic E-state index is 0.356. The highest BCUT2D eigenvalue weighted by atomic mass is 35.5. The summed E-state index contributed by atoms with van der Waals surface area (Å²) in [5.41, 5.74) is 3.62. The van der Waals surface area contributed by atoms with Crippen LogP contribution in [0, 0.1) is 6.92 Å². The topological polar surface area (TPSA) is 61.4 Å². The van der Waals surface area contributed by atoms with Crippen LogP contribution in [0.2, 0.25) is 0 Å². The quantitative estimate of drug-likeness (QED) is 0.683. The largest absolute Gasteiger partial charge is 0.306 e. The van der Waals surface area contributed by atoms with Crippen LogP contribution < -0.4 is 0 Å². The second-order valence-electron chi connectivity index (χ2n) is 4.34. The predicted octanol–water partition coefficient (Wildman–Crippen LogP) is 1.66. The highest BCUT2D eigenvalue weighted by molar-refractivity contribution is 6.16. The zero-order valence-electron chi connectivity index (χ0n) is 10.7. The van der Waals surface area contributed by atoms with Crippen LogP contribution in [0.3, 0.4) is 0 Å². The summed E-state index contributed by atoms with van der Waals surface area (Å²) >= 11 is 5.98. The Morgan fingerprint density at radius 2 is 2.21 bits per heavy atom. The first kappa shape index (κ1) is 12.1. The molecular formula is C12H13ClN6. The van der Waals surface area contributed by atoms with E-state index in [2.05, 4.69) is 20.3 Å². The van der Waals surface area contributed by atoms with E-state index < -0.39 is 0 Å². The fourth-order valence-electron chi connectivity index (χ4n) is 2.23. The number of rotatable bonds is 3. The number of alkyl halides is 1. The van der Waals surface area contributed by atoms with Gasteiger partial charge in [-0.25, -0.2) is 4.98 Å². The Morgan fingerprint density at radius 1 is 1.37 bits per heavy atom. The van der Waals surface area contributed by atoms with E-state index in [0.717, 1.165) is 28.4 Å². The van der Waals surface area contributed by atoms with Gasteiger partial charge in [-0.3, -0.25) is 4.68 Å². The van der Waals surface area contributed by atoms with Gasteiger partial charge in [0, 0.05) is 13.2 Å². The number of fused-ring (bicyclic) bond motifs is 1. The summed E-state index contributed by atoms with van der Waals surface area (Å²) in [5, 5.41) is 12.4. The van der Waals surface area contributed by atoms with Crippen molar-refractivity contribution in [3.8, 4) is 0 Å². The predicted molar refractivity (Wildman–Crippen MR) is 71.9 cm³/mol. The van der Waals surface area contributed by atoms with Crippen molar-refractivity contribution in [3.05, 3.63) is 35.5 Å². The Bertz CT molecular complexity index is 715. The van der Waals surface area contributed by atoms with Crippen molar-refractivity contribution < 1.29 is 0 Å². The molecule has 7 heteroatoms. The lowest BCUT2D eigenvalue weighted by Crippen LogP contribution is -2.09. The van der Waals surface area contributed by atoms with Crippen molar-refractivity contribution >= 4 is 22.8 Å². The first-order valence-corrected chi connectivity index (χ1v) is 6.45. The molecule has 0 radical (unpaired) electrons. The zero-order chi connectivity index (χ0) is 13.4.